The third-order valence-electron chi connectivity index (χ3n) is 3.22. The van der Waals surface area contributed by atoms with E-state index in [1.54, 1.807) is 0 Å². The molecule has 0 aromatic heterocycles. The van der Waals surface area contributed by atoms with E-state index in [1.165, 1.54) is 25.0 Å². The van der Waals surface area contributed by atoms with Crippen LogP contribution in [0.1, 0.15) is 40.0 Å². The Morgan fingerprint density at radius 1 is 1.05 bits per heavy atom. The van der Waals surface area contributed by atoms with Crippen LogP contribution >= 0.6 is 0 Å². The maximum Gasteiger partial charge on any atom is 0.335 e. The summed E-state index contributed by atoms with van der Waals surface area (Å²) in [6.45, 7) is 0.543. The number of hydrogen-bond acceptors (Lipinski definition) is 3. The van der Waals surface area contributed by atoms with Crippen LogP contribution in [0.5, 0.6) is 0 Å². The Kier molecular flexibility index (Phi) is 4.42. The van der Waals surface area contributed by atoms with Crippen LogP contribution in [0.15, 0.2) is 18.2 Å². The minimum absolute atomic E-state index is 0.135. The zero-order valence-electron chi connectivity index (χ0n) is 11.3. The zero-order valence-corrected chi connectivity index (χ0v) is 11.3. The summed E-state index contributed by atoms with van der Waals surface area (Å²) in [5.74, 6) is -1.81. The summed E-state index contributed by atoms with van der Waals surface area (Å²) >= 11 is 0. The van der Waals surface area contributed by atoms with Gasteiger partial charge in [-0.2, -0.15) is 0 Å². The molecule has 0 heterocycles. The van der Waals surface area contributed by atoms with Gasteiger partial charge in [-0.1, -0.05) is 12.8 Å². The van der Waals surface area contributed by atoms with Gasteiger partial charge in [0.25, 0.3) is 0 Å². The van der Waals surface area contributed by atoms with Gasteiger partial charge >= 0.3 is 18.0 Å². The summed E-state index contributed by atoms with van der Waals surface area (Å²) in [6, 6.07) is 3.00. The standard InChI is InChI=1S/C14H16N2O5/c17-12(18)9-5-10(13(19)20)7-11(6-9)16-14(21)15-4-3-8-1-2-8/h5-8H,1-4H2,(H,17,18)(H,19,20)(H2,15,16,21). The number of nitrogens with one attached hydrogen (secondary N) is 2. The van der Waals surface area contributed by atoms with Crippen LogP contribution in [-0.2, 0) is 0 Å². The molecule has 2 rings (SSSR count). The Hall–Kier alpha value is -2.57. The van der Waals surface area contributed by atoms with E-state index in [0.29, 0.717) is 12.5 Å². The van der Waals surface area contributed by atoms with Gasteiger partial charge < -0.3 is 20.8 Å². The minimum atomic E-state index is -1.25. The smallest absolute Gasteiger partial charge is 0.335 e. The Morgan fingerprint density at radius 2 is 1.62 bits per heavy atom. The first-order valence-corrected chi connectivity index (χ1v) is 6.62. The fourth-order valence-electron chi connectivity index (χ4n) is 1.92. The molecule has 1 aliphatic rings. The largest absolute Gasteiger partial charge is 0.478 e. The van der Waals surface area contributed by atoms with Gasteiger partial charge in [-0.05, 0) is 30.5 Å². The molecule has 7 nitrogen and oxygen atoms in total. The van der Waals surface area contributed by atoms with E-state index in [1.807, 2.05) is 0 Å². The maximum atomic E-state index is 11.7. The molecular weight excluding hydrogens is 276 g/mol. The van der Waals surface area contributed by atoms with Crippen LogP contribution in [0, 0.1) is 5.92 Å². The molecule has 0 unspecified atom stereocenters. The average Bonchev–Trinajstić information content (AvgIpc) is 3.22. The molecule has 1 fully saturated rings. The second kappa shape index (κ2) is 6.25. The third kappa shape index (κ3) is 4.48. The molecule has 0 radical (unpaired) electrons. The van der Waals surface area contributed by atoms with Crippen molar-refractivity contribution in [1.82, 2.24) is 5.32 Å². The van der Waals surface area contributed by atoms with Crippen LogP contribution in [0.25, 0.3) is 0 Å². The van der Waals surface area contributed by atoms with E-state index < -0.39 is 18.0 Å². The molecule has 4 N–H and O–H groups in total. The molecule has 0 saturated heterocycles. The molecule has 1 aromatic rings. The third-order valence-corrected chi connectivity index (χ3v) is 3.22. The van der Waals surface area contributed by atoms with Crippen molar-refractivity contribution < 1.29 is 24.6 Å². The summed E-state index contributed by atoms with van der Waals surface area (Å²) in [5, 5.41) is 23.0. The number of carbonyl (C=O) groups is 3. The van der Waals surface area contributed by atoms with E-state index in [4.69, 9.17) is 10.2 Å². The SMILES string of the molecule is O=C(NCCC1CC1)Nc1cc(C(=O)O)cc(C(=O)O)c1. The van der Waals surface area contributed by atoms with Crippen molar-refractivity contribution in [3.63, 3.8) is 0 Å². The lowest BCUT2D eigenvalue weighted by Gasteiger charge is -2.09. The van der Waals surface area contributed by atoms with Crippen molar-refractivity contribution in [3.05, 3.63) is 29.3 Å². The summed E-state index contributed by atoms with van der Waals surface area (Å²) in [6.07, 6.45) is 3.32. The Bertz CT molecular complexity index is 548. The van der Waals surface area contributed by atoms with Crippen LogP contribution in [0.4, 0.5) is 10.5 Å². The van der Waals surface area contributed by atoms with Gasteiger partial charge in [-0.25, -0.2) is 14.4 Å². The number of carboxylic acids is 2. The molecule has 1 aromatic carbocycles. The molecule has 21 heavy (non-hydrogen) atoms. The molecular formula is C14H16N2O5. The molecule has 112 valence electrons. The Morgan fingerprint density at radius 3 is 2.10 bits per heavy atom. The number of hydrogen-bond donors (Lipinski definition) is 4. The molecule has 1 saturated carbocycles. The molecule has 0 atom stereocenters. The highest BCUT2D eigenvalue weighted by molar-refractivity contribution is 5.98. The number of carbonyl (C=O) groups excluding carboxylic acids is 1. The number of carboxylic acid groups (broad SMARTS) is 2. The van der Waals surface area contributed by atoms with Crippen LogP contribution in [0.3, 0.4) is 0 Å². The number of urea groups is 1. The van der Waals surface area contributed by atoms with E-state index >= 15 is 0 Å². The lowest BCUT2D eigenvalue weighted by Crippen LogP contribution is -2.29. The number of aromatic carboxylic acids is 2. The number of amides is 2. The second-order valence-corrected chi connectivity index (χ2v) is 5.02. The summed E-state index contributed by atoms with van der Waals surface area (Å²) in [7, 11) is 0. The first-order chi connectivity index (χ1) is 9.95. The summed E-state index contributed by atoms with van der Waals surface area (Å²) in [5.41, 5.74) is -0.248. The van der Waals surface area contributed by atoms with Gasteiger partial charge in [0.05, 0.1) is 11.1 Å². The van der Waals surface area contributed by atoms with Crippen molar-refractivity contribution in [2.45, 2.75) is 19.3 Å². The van der Waals surface area contributed by atoms with Gasteiger partial charge in [-0.3, -0.25) is 0 Å². The average molecular weight is 292 g/mol. The van der Waals surface area contributed by atoms with Crippen LogP contribution in [0.2, 0.25) is 0 Å². The molecule has 1 aliphatic carbocycles. The molecule has 0 bridgehead atoms. The molecule has 2 amide bonds. The first kappa shape index (κ1) is 14.8. The predicted octanol–water partition coefficient (Wildman–Crippen LogP) is 2.00. The first-order valence-electron chi connectivity index (χ1n) is 6.62. The highest BCUT2D eigenvalue weighted by Crippen LogP contribution is 2.31. The maximum absolute atomic E-state index is 11.7. The molecule has 7 heteroatoms. The van der Waals surface area contributed by atoms with Crippen LogP contribution in [-0.4, -0.2) is 34.7 Å². The van der Waals surface area contributed by atoms with Crippen LogP contribution < -0.4 is 10.6 Å². The van der Waals surface area contributed by atoms with Gasteiger partial charge in [0.1, 0.15) is 0 Å². The number of anilines is 1. The van der Waals surface area contributed by atoms with E-state index in [9.17, 15) is 14.4 Å². The van der Waals surface area contributed by atoms with Gasteiger partial charge in [0.2, 0.25) is 0 Å². The van der Waals surface area contributed by atoms with E-state index in [0.717, 1.165) is 12.5 Å². The van der Waals surface area contributed by atoms with E-state index in [2.05, 4.69) is 10.6 Å². The normalized spacial score (nSPS) is 13.5. The van der Waals surface area contributed by atoms with Gasteiger partial charge in [-0.15, -0.1) is 0 Å². The number of rotatable bonds is 6. The van der Waals surface area contributed by atoms with E-state index in [-0.39, 0.29) is 16.8 Å². The quantitative estimate of drug-likeness (QED) is 0.640. The molecule has 0 spiro atoms. The van der Waals surface area contributed by atoms with Crippen molar-refractivity contribution in [2.24, 2.45) is 5.92 Å². The zero-order chi connectivity index (χ0) is 15.4. The minimum Gasteiger partial charge on any atom is -0.478 e. The summed E-state index contributed by atoms with van der Waals surface area (Å²) in [4.78, 5) is 33.6. The lowest BCUT2D eigenvalue weighted by atomic mass is 10.1. The van der Waals surface area contributed by atoms with Crippen molar-refractivity contribution in [3.8, 4) is 0 Å². The van der Waals surface area contributed by atoms with Crippen molar-refractivity contribution >= 4 is 23.7 Å². The molecule has 0 aliphatic heterocycles. The predicted molar refractivity (Wildman–Crippen MR) is 74.7 cm³/mol. The Balaban J connectivity index is 2.01. The lowest BCUT2D eigenvalue weighted by molar-refractivity contribution is 0.0696. The highest BCUT2D eigenvalue weighted by Gasteiger charge is 2.20. The summed E-state index contributed by atoms with van der Waals surface area (Å²) < 4.78 is 0. The Labute approximate surface area is 121 Å². The van der Waals surface area contributed by atoms with Gasteiger partial charge in [0, 0.05) is 12.2 Å². The monoisotopic (exact) mass is 292 g/mol. The fraction of sp³-hybridized carbons (Fsp3) is 0.357. The fourth-order valence-corrected chi connectivity index (χ4v) is 1.92. The second-order valence-electron chi connectivity index (χ2n) is 5.02. The highest BCUT2D eigenvalue weighted by atomic mass is 16.4. The van der Waals surface area contributed by atoms with Crippen molar-refractivity contribution in [2.75, 3.05) is 11.9 Å². The van der Waals surface area contributed by atoms with Crippen molar-refractivity contribution in [1.29, 1.82) is 0 Å². The van der Waals surface area contributed by atoms with Gasteiger partial charge in [0.15, 0.2) is 0 Å². The number of benzene rings is 1. The topological polar surface area (TPSA) is 116 Å².